The Morgan fingerprint density at radius 3 is 2.33 bits per heavy atom. The normalized spacial score (nSPS) is 10.6. The van der Waals surface area contributed by atoms with E-state index < -0.39 is 0 Å². The summed E-state index contributed by atoms with van der Waals surface area (Å²) < 4.78 is 16.2. The first-order valence-corrected chi connectivity index (χ1v) is 7.45. The monoisotopic (exact) mass is 292 g/mol. The van der Waals surface area contributed by atoms with Crippen LogP contribution in [0.15, 0.2) is 24.3 Å². The van der Waals surface area contributed by atoms with Crippen LogP contribution in [0.5, 0.6) is 11.5 Å². The Hall–Kier alpha value is -1.97. The SMILES string of the molecule is CCCOc1ccc(C=CC(=O)OCC)cc1OCCC. The zero-order valence-electron chi connectivity index (χ0n) is 13.1. The van der Waals surface area contributed by atoms with E-state index in [0.717, 1.165) is 24.2 Å². The summed E-state index contributed by atoms with van der Waals surface area (Å²) in [5, 5.41) is 0. The van der Waals surface area contributed by atoms with Crippen molar-refractivity contribution >= 4 is 12.0 Å². The quantitative estimate of drug-likeness (QED) is 0.512. The van der Waals surface area contributed by atoms with Gasteiger partial charge in [-0.15, -0.1) is 0 Å². The van der Waals surface area contributed by atoms with Crippen molar-refractivity contribution in [3.8, 4) is 11.5 Å². The van der Waals surface area contributed by atoms with Gasteiger partial charge < -0.3 is 14.2 Å². The fraction of sp³-hybridized carbons (Fsp3) is 0.471. The van der Waals surface area contributed by atoms with Gasteiger partial charge in [0.15, 0.2) is 11.5 Å². The number of rotatable bonds is 9. The second-order valence-electron chi connectivity index (χ2n) is 4.49. The molecule has 1 aromatic carbocycles. The lowest BCUT2D eigenvalue weighted by Gasteiger charge is -2.12. The van der Waals surface area contributed by atoms with Crippen LogP contribution in [0.2, 0.25) is 0 Å². The van der Waals surface area contributed by atoms with E-state index in [4.69, 9.17) is 14.2 Å². The molecule has 1 rings (SSSR count). The summed E-state index contributed by atoms with van der Waals surface area (Å²) in [6.07, 6.45) is 4.99. The molecule has 116 valence electrons. The molecule has 0 aliphatic carbocycles. The van der Waals surface area contributed by atoms with Crippen LogP contribution < -0.4 is 9.47 Å². The third-order valence-corrected chi connectivity index (χ3v) is 2.59. The topological polar surface area (TPSA) is 44.8 Å². The van der Waals surface area contributed by atoms with E-state index in [9.17, 15) is 4.79 Å². The maximum Gasteiger partial charge on any atom is 0.330 e. The van der Waals surface area contributed by atoms with E-state index in [-0.39, 0.29) is 5.97 Å². The summed E-state index contributed by atoms with van der Waals surface area (Å²) >= 11 is 0. The van der Waals surface area contributed by atoms with Gasteiger partial charge in [0.25, 0.3) is 0 Å². The molecule has 0 fully saturated rings. The Balaban J connectivity index is 2.84. The van der Waals surface area contributed by atoms with Crippen molar-refractivity contribution in [2.24, 2.45) is 0 Å². The molecular formula is C17H24O4. The number of carbonyl (C=O) groups excluding carboxylic acids is 1. The first-order valence-electron chi connectivity index (χ1n) is 7.45. The van der Waals surface area contributed by atoms with Crippen LogP contribution >= 0.6 is 0 Å². The van der Waals surface area contributed by atoms with Crippen LogP contribution in [0.4, 0.5) is 0 Å². The number of carbonyl (C=O) groups is 1. The molecule has 0 saturated carbocycles. The van der Waals surface area contributed by atoms with Crippen LogP contribution in [0.25, 0.3) is 6.08 Å². The lowest BCUT2D eigenvalue weighted by atomic mass is 10.2. The molecule has 4 heteroatoms. The minimum absolute atomic E-state index is 0.347. The number of hydrogen-bond acceptors (Lipinski definition) is 4. The maximum atomic E-state index is 11.3. The van der Waals surface area contributed by atoms with Gasteiger partial charge in [-0.2, -0.15) is 0 Å². The van der Waals surface area contributed by atoms with E-state index in [2.05, 4.69) is 13.8 Å². The standard InChI is InChI=1S/C17H24O4/c1-4-11-20-15-9-7-14(8-10-17(18)19-6-3)13-16(15)21-12-5-2/h7-10,13H,4-6,11-12H2,1-3H3. The molecule has 0 amide bonds. The molecule has 0 unspecified atom stereocenters. The number of esters is 1. The molecular weight excluding hydrogens is 268 g/mol. The second-order valence-corrected chi connectivity index (χ2v) is 4.49. The lowest BCUT2D eigenvalue weighted by molar-refractivity contribution is -0.137. The molecule has 0 aromatic heterocycles. The summed E-state index contributed by atoms with van der Waals surface area (Å²) in [4.78, 5) is 11.3. The van der Waals surface area contributed by atoms with Crippen molar-refractivity contribution in [2.75, 3.05) is 19.8 Å². The summed E-state index contributed by atoms with van der Waals surface area (Å²) in [6, 6.07) is 5.63. The van der Waals surface area contributed by atoms with E-state index in [1.54, 1.807) is 13.0 Å². The van der Waals surface area contributed by atoms with Gasteiger partial charge in [0.1, 0.15) is 0 Å². The zero-order valence-corrected chi connectivity index (χ0v) is 13.1. The molecule has 0 radical (unpaired) electrons. The molecule has 0 aliphatic heterocycles. The summed E-state index contributed by atoms with van der Waals surface area (Å²) in [5.41, 5.74) is 0.873. The molecule has 21 heavy (non-hydrogen) atoms. The minimum atomic E-state index is -0.347. The fourth-order valence-corrected chi connectivity index (χ4v) is 1.64. The third kappa shape index (κ3) is 6.34. The molecule has 1 aromatic rings. The number of benzene rings is 1. The molecule has 0 N–H and O–H groups in total. The van der Waals surface area contributed by atoms with Gasteiger partial charge in [-0.1, -0.05) is 19.9 Å². The molecule has 4 nitrogen and oxygen atoms in total. The van der Waals surface area contributed by atoms with Gasteiger partial charge in [-0.25, -0.2) is 4.79 Å². The van der Waals surface area contributed by atoms with Crippen molar-refractivity contribution in [1.29, 1.82) is 0 Å². The van der Waals surface area contributed by atoms with Gasteiger partial charge in [-0.05, 0) is 43.5 Å². The highest BCUT2D eigenvalue weighted by Crippen LogP contribution is 2.29. The van der Waals surface area contributed by atoms with E-state index >= 15 is 0 Å². The van der Waals surface area contributed by atoms with Crippen LogP contribution in [0, 0.1) is 0 Å². The highest BCUT2D eigenvalue weighted by molar-refractivity contribution is 5.87. The van der Waals surface area contributed by atoms with Crippen molar-refractivity contribution < 1.29 is 19.0 Å². The van der Waals surface area contributed by atoms with Crippen LogP contribution in [-0.2, 0) is 9.53 Å². The van der Waals surface area contributed by atoms with Crippen LogP contribution in [0.1, 0.15) is 39.2 Å². The van der Waals surface area contributed by atoms with Crippen LogP contribution in [-0.4, -0.2) is 25.8 Å². The Labute approximate surface area is 126 Å². The van der Waals surface area contributed by atoms with Crippen molar-refractivity contribution in [2.45, 2.75) is 33.6 Å². The molecule has 0 atom stereocenters. The molecule has 0 saturated heterocycles. The Morgan fingerprint density at radius 2 is 1.71 bits per heavy atom. The molecule has 0 aliphatic rings. The summed E-state index contributed by atoms with van der Waals surface area (Å²) in [6.45, 7) is 7.55. The lowest BCUT2D eigenvalue weighted by Crippen LogP contribution is -2.01. The number of ether oxygens (including phenoxy) is 3. The van der Waals surface area contributed by atoms with Crippen molar-refractivity contribution in [3.05, 3.63) is 29.8 Å². The third-order valence-electron chi connectivity index (χ3n) is 2.59. The Bertz CT molecular complexity index is 466. The smallest absolute Gasteiger partial charge is 0.330 e. The highest BCUT2D eigenvalue weighted by atomic mass is 16.5. The van der Waals surface area contributed by atoms with Crippen molar-refractivity contribution in [1.82, 2.24) is 0 Å². The first kappa shape index (κ1) is 17.1. The van der Waals surface area contributed by atoms with E-state index in [1.807, 2.05) is 18.2 Å². The summed E-state index contributed by atoms with van der Waals surface area (Å²) in [5.74, 6) is 1.09. The van der Waals surface area contributed by atoms with E-state index in [0.29, 0.717) is 25.6 Å². The zero-order chi connectivity index (χ0) is 15.5. The molecule has 0 heterocycles. The van der Waals surface area contributed by atoms with Gasteiger partial charge in [0, 0.05) is 6.08 Å². The van der Waals surface area contributed by atoms with E-state index in [1.165, 1.54) is 6.08 Å². The Kier molecular flexibility index (Phi) is 8.02. The average Bonchev–Trinajstić information content (AvgIpc) is 2.50. The summed E-state index contributed by atoms with van der Waals surface area (Å²) in [7, 11) is 0. The minimum Gasteiger partial charge on any atom is -0.490 e. The van der Waals surface area contributed by atoms with Gasteiger partial charge in [-0.3, -0.25) is 0 Å². The highest BCUT2D eigenvalue weighted by Gasteiger charge is 2.06. The maximum absolute atomic E-state index is 11.3. The number of hydrogen-bond donors (Lipinski definition) is 0. The average molecular weight is 292 g/mol. The molecule has 0 spiro atoms. The van der Waals surface area contributed by atoms with Crippen LogP contribution in [0.3, 0.4) is 0 Å². The van der Waals surface area contributed by atoms with Gasteiger partial charge in [0.05, 0.1) is 19.8 Å². The second kappa shape index (κ2) is 9.86. The van der Waals surface area contributed by atoms with Gasteiger partial charge in [0.2, 0.25) is 0 Å². The first-order chi connectivity index (χ1) is 10.2. The fourth-order valence-electron chi connectivity index (χ4n) is 1.64. The largest absolute Gasteiger partial charge is 0.490 e. The predicted octanol–water partition coefficient (Wildman–Crippen LogP) is 3.84. The van der Waals surface area contributed by atoms with Crippen molar-refractivity contribution in [3.63, 3.8) is 0 Å². The Morgan fingerprint density at radius 1 is 1.05 bits per heavy atom. The predicted molar refractivity (Wildman–Crippen MR) is 83.7 cm³/mol. The van der Waals surface area contributed by atoms with Gasteiger partial charge >= 0.3 is 5.97 Å². The molecule has 0 bridgehead atoms.